The maximum Gasteiger partial charge on any atom is 0.310 e. The van der Waals surface area contributed by atoms with Gasteiger partial charge in [-0.15, -0.1) is 0 Å². The lowest BCUT2D eigenvalue weighted by atomic mass is 10.1. The Morgan fingerprint density at radius 2 is 1.93 bits per heavy atom. The highest BCUT2D eigenvalue weighted by molar-refractivity contribution is 6.02. The number of amides is 2. The van der Waals surface area contributed by atoms with Crippen LogP contribution in [0, 0.1) is 0 Å². The number of nitrogens with zero attached hydrogens (tertiary/aromatic N) is 1. The van der Waals surface area contributed by atoms with Crippen molar-refractivity contribution in [2.24, 2.45) is 0 Å². The Morgan fingerprint density at radius 1 is 1.17 bits per heavy atom. The van der Waals surface area contributed by atoms with Crippen LogP contribution in [0.5, 0.6) is 5.75 Å². The molecule has 9 nitrogen and oxygen atoms in total. The monoisotopic (exact) mass is 411 g/mol. The zero-order valence-electron chi connectivity index (χ0n) is 16.2. The molecule has 0 aliphatic carbocycles. The van der Waals surface area contributed by atoms with E-state index in [1.165, 1.54) is 12.3 Å². The molecule has 0 radical (unpaired) electrons. The van der Waals surface area contributed by atoms with Crippen LogP contribution in [0.25, 0.3) is 0 Å². The van der Waals surface area contributed by atoms with Crippen LogP contribution in [-0.2, 0) is 14.3 Å². The number of aromatic amines is 1. The molecule has 4 rings (SSSR count). The van der Waals surface area contributed by atoms with E-state index in [1.54, 1.807) is 29.2 Å². The van der Waals surface area contributed by atoms with Crippen LogP contribution in [0.3, 0.4) is 0 Å². The van der Waals surface area contributed by atoms with Gasteiger partial charge in [0.1, 0.15) is 11.4 Å². The van der Waals surface area contributed by atoms with Gasteiger partial charge in [-0.05, 0) is 31.0 Å². The first kappa shape index (κ1) is 19.7. The summed E-state index contributed by atoms with van der Waals surface area (Å²) in [6.45, 7) is 0.930. The van der Waals surface area contributed by atoms with Gasteiger partial charge in [0.25, 0.3) is 11.8 Å². The highest BCUT2D eigenvalue weighted by Gasteiger charge is 2.30. The minimum atomic E-state index is -1.03. The molecule has 2 aromatic rings. The molecule has 1 aromatic carbocycles. The van der Waals surface area contributed by atoms with Crippen LogP contribution in [0.4, 0.5) is 5.69 Å². The second-order valence-electron chi connectivity index (χ2n) is 7.18. The van der Waals surface area contributed by atoms with E-state index in [-0.39, 0.29) is 17.9 Å². The molecular weight excluding hydrogens is 390 g/mol. The Balaban J connectivity index is 1.28. The molecule has 0 unspecified atom stereocenters. The first-order valence-corrected chi connectivity index (χ1v) is 9.74. The number of H-pyrrole nitrogens is 1. The molecule has 0 saturated carbocycles. The normalized spacial score (nSPS) is 17.7. The highest BCUT2D eigenvalue weighted by Crippen LogP contribution is 2.29. The molecule has 9 heteroatoms. The fourth-order valence-corrected chi connectivity index (χ4v) is 3.44. The highest BCUT2D eigenvalue weighted by atomic mass is 16.5. The predicted octanol–water partition coefficient (Wildman–Crippen LogP) is 1.77. The van der Waals surface area contributed by atoms with Crippen molar-refractivity contribution in [1.82, 2.24) is 9.88 Å². The number of aromatic nitrogens is 1. The molecule has 1 fully saturated rings. The number of ketones is 1. The fourth-order valence-electron chi connectivity index (χ4n) is 3.44. The molecule has 30 heavy (non-hydrogen) atoms. The molecule has 2 N–H and O–H groups in total. The lowest BCUT2D eigenvalue weighted by Gasteiger charge is -2.25. The maximum absolute atomic E-state index is 12.3. The molecule has 1 atom stereocenters. The van der Waals surface area contributed by atoms with Crippen LogP contribution in [-0.4, -0.2) is 59.3 Å². The van der Waals surface area contributed by atoms with E-state index in [4.69, 9.17) is 9.47 Å². The van der Waals surface area contributed by atoms with Gasteiger partial charge < -0.3 is 24.7 Å². The van der Waals surface area contributed by atoms with Gasteiger partial charge in [0, 0.05) is 24.8 Å². The van der Waals surface area contributed by atoms with Crippen LogP contribution in [0.15, 0.2) is 36.5 Å². The zero-order valence-corrected chi connectivity index (χ0v) is 16.2. The molecular formula is C21H21N3O6. The van der Waals surface area contributed by atoms with Gasteiger partial charge in [0.05, 0.1) is 12.1 Å². The number of nitrogens with one attached hydrogen (secondary N) is 2. The third-order valence-corrected chi connectivity index (χ3v) is 5.05. The number of likely N-dealkylation sites (tertiary alicyclic amines) is 1. The molecule has 1 aromatic heterocycles. The predicted molar refractivity (Wildman–Crippen MR) is 105 cm³/mol. The van der Waals surface area contributed by atoms with Crippen molar-refractivity contribution in [1.29, 1.82) is 0 Å². The Hall–Kier alpha value is -3.62. The molecule has 2 aliphatic heterocycles. The Morgan fingerprint density at radius 3 is 2.73 bits per heavy atom. The maximum atomic E-state index is 12.3. The summed E-state index contributed by atoms with van der Waals surface area (Å²) in [7, 11) is 0. The van der Waals surface area contributed by atoms with Crippen molar-refractivity contribution < 1.29 is 28.7 Å². The first-order chi connectivity index (χ1) is 14.5. The van der Waals surface area contributed by atoms with Crippen molar-refractivity contribution in [3.05, 3.63) is 47.8 Å². The molecule has 2 amide bonds. The summed E-state index contributed by atoms with van der Waals surface area (Å²) in [6.07, 6.45) is 2.03. The van der Waals surface area contributed by atoms with Crippen molar-refractivity contribution in [3.63, 3.8) is 0 Å². The van der Waals surface area contributed by atoms with Crippen molar-refractivity contribution in [2.45, 2.75) is 25.4 Å². The lowest BCUT2D eigenvalue weighted by molar-refractivity contribution is -0.146. The molecule has 2 aliphatic rings. The van der Waals surface area contributed by atoms with E-state index in [9.17, 15) is 19.2 Å². The Bertz CT molecular complexity index is 992. The van der Waals surface area contributed by atoms with Crippen LogP contribution >= 0.6 is 0 Å². The average molecular weight is 411 g/mol. The van der Waals surface area contributed by atoms with E-state index in [1.807, 2.05) is 0 Å². The first-order valence-electron chi connectivity index (χ1n) is 9.74. The van der Waals surface area contributed by atoms with Gasteiger partial charge in [0.2, 0.25) is 5.78 Å². The molecule has 1 saturated heterocycles. The van der Waals surface area contributed by atoms with Crippen LogP contribution < -0.4 is 10.1 Å². The minimum Gasteiger partial charge on any atom is -0.478 e. The second-order valence-corrected chi connectivity index (χ2v) is 7.18. The average Bonchev–Trinajstić information content (AvgIpc) is 3.44. The zero-order chi connectivity index (χ0) is 21.1. The Labute approximate surface area is 172 Å². The molecule has 3 heterocycles. The number of benzene rings is 1. The number of para-hydroxylation sites is 2. The fraction of sp³-hybridized carbons (Fsp3) is 0.333. The smallest absolute Gasteiger partial charge is 0.310 e. The SMILES string of the molecule is O=C(C[C@@H]1Oc2ccccc2NC1=O)OCC(=O)c1c[nH]c(C(=O)N2CCCC2)c1. The third kappa shape index (κ3) is 4.19. The van der Waals surface area contributed by atoms with E-state index < -0.39 is 30.4 Å². The number of rotatable bonds is 6. The van der Waals surface area contributed by atoms with E-state index in [0.29, 0.717) is 30.2 Å². The van der Waals surface area contributed by atoms with E-state index in [2.05, 4.69) is 10.3 Å². The van der Waals surface area contributed by atoms with E-state index >= 15 is 0 Å². The number of carbonyl (C=O) groups is 4. The number of fused-ring (bicyclic) bond motifs is 1. The number of carbonyl (C=O) groups excluding carboxylic acids is 4. The standard InChI is InChI=1S/C21H21N3O6/c25-16(13-9-15(22-11-13)21(28)24-7-3-4-8-24)12-29-19(26)10-18-20(27)23-14-5-1-2-6-17(14)30-18/h1-2,5-6,9,11,18,22H,3-4,7-8,10,12H2,(H,23,27)/t18-/m0/s1. The van der Waals surface area contributed by atoms with Crippen molar-refractivity contribution in [3.8, 4) is 5.75 Å². The Kier molecular flexibility index (Phi) is 5.51. The molecule has 0 spiro atoms. The van der Waals surface area contributed by atoms with Gasteiger partial charge in [0.15, 0.2) is 12.7 Å². The van der Waals surface area contributed by atoms with Crippen LogP contribution in [0.1, 0.15) is 40.1 Å². The summed E-state index contributed by atoms with van der Waals surface area (Å²) in [6, 6.07) is 8.35. The second kappa shape index (κ2) is 8.40. The van der Waals surface area contributed by atoms with Gasteiger partial charge in [-0.25, -0.2) is 0 Å². The lowest BCUT2D eigenvalue weighted by Crippen LogP contribution is -2.39. The number of anilines is 1. The summed E-state index contributed by atoms with van der Waals surface area (Å²) in [4.78, 5) is 53.3. The summed E-state index contributed by atoms with van der Waals surface area (Å²) in [5.41, 5.74) is 1.12. The number of hydrogen-bond acceptors (Lipinski definition) is 6. The largest absolute Gasteiger partial charge is 0.478 e. The summed E-state index contributed by atoms with van der Waals surface area (Å²) >= 11 is 0. The quantitative estimate of drug-likeness (QED) is 0.553. The van der Waals surface area contributed by atoms with Crippen LogP contribution in [0.2, 0.25) is 0 Å². The summed E-state index contributed by atoms with van der Waals surface area (Å²) in [5, 5.41) is 2.66. The van der Waals surface area contributed by atoms with Crippen molar-refractivity contribution in [2.75, 3.05) is 25.0 Å². The molecule has 156 valence electrons. The topological polar surface area (TPSA) is 118 Å². The third-order valence-electron chi connectivity index (χ3n) is 5.05. The van der Waals surface area contributed by atoms with E-state index in [0.717, 1.165) is 12.8 Å². The van der Waals surface area contributed by atoms with Crippen molar-refractivity contribution >= 4 is 29.3 Å². The number of ether oxygens (including phenoxy) is 2. The molecule has 0 bridgehead atoms. The number of hydrogen-bond donors (Lipinski definition) is 2. The summed E-state index contributed by atoms with van der Waals surface area (Å²) in [5.74, 6) is -1.31. The minimum absolute atomic E-state index is 0.149. The number of Topliss-reactive ketones (excluding diaryl/α,β-unsaturated/α-hetero) is 1. The van der Waals surface area contributed by atoms with Gasteiger partial charge in [-0.3, -0.25) is 19.2 Å². The van der Waals surface area contributed by atoms with Gasteiger partial charge in [-0.2, -0.15) is 0 Å². The van der Waals surface area contributed by atoms with Gasteiger partial charge in [-0.1, -0.05) is 12.1 Å². The number of esters is 1. The summed E-state index contributed by atoms with van der Waals surface area (Å²) < 4.78 is 10.5. The van der Waals surface area contributed by atoms with Gasteiger partial charge >= 0.3 is 5.97 Å².